The van der Waals surface area contributed by atoms with Crippen LogP contribution in [0.2, 0.25) is 0 Å². The molecule has 4 heteroatoms. The maximum atomic E-state index is 12.7. The number of ether oxygens (including phenoxy) is 1. The monoisotopic (exact) mass is 304 g/mol. The van der Waals surface area contributed by atoms with E-state index in [4.69, 9.17) is 4.74 Å². The number of para-hydroxylation sites is 1. The third-order valence-corrected chi connectivity index (χ3v) is 4.86. The summed E-state index contributed by atoms with van der Waals surface area (Å²) in [6.45, 7) is 1.36. The molecule has 0 saturated carbocycles. The third kappa shape index (κ3) is 1.85. The van der Waals surface area contributed by atoms with Crippen molar-refractivity contribution >= 4 is 10.9 Å². The number of aromatic amines is 1. The van der Waals surface area contributed by atoms with E-state index in [0.717, 1.165) is 40.9 Å². The Hall–Kier alpha value is -2.59. The van der Waals surface area contributed by atoms with Crippen molar-refractivity contribution in [2.24, 2.45) is 0 Å². The molecule has 0 saturated heterocycles. The first kappa shape index (κ1) is 12.9. The molecule has 0 radical (unpaired) electrons. The molecule has 3 heterocycles. The van der Waals surface area contributed by atoms with Crippen LogP contribution in [0.1, 0.15) is 28.4 Å². The Morgan fingerprint density at radius 2 is 2.04 bits per heavy atom. The molecule has 2 aromatic carbocycles. The Morgan fingerprint density at radius 1 is 1.13 bits per heavy atom. The van der Waals surface area contributed by atoms with E-state index in [0.29, 0.717) is 6.54 Å². The molecule has 2 aliphatic heterocycles. The Bertz CT molecular complexity index is 990. The van der Waals surface area contributed by atoms with Gasteiger partial charge in [0.05, 0.1) is 12.6 Å². The van der Waals surface area contributed by atoms with Gasteiger partial charge in [0.25, 0.3) is 0 Å². The van der Waals surface area contributed by atoms with Crippen molar-refractivity contribution in [3.63, 3.8) is 0 Å². The molecule has 2 aliphatic rings. The summed E-state index contributed by atoms with van der Waals surface area (Å²) < 4.78 is 5.58. The fourth-order valence-corrected chi connectivity index (χ4v) is 3.69. The van der Waals surface area contributed by atoms with Gasteiger partial charge in [-0.2, -0.15) is 0 Å². The Kier molecular flexibility index (Phi) is 2.64. The van der Waals surface area contributed by atoms with E-state index in [1.54, 1.807) is 0 Å². The van der Waals surface area contributed by atoms with Crippen molar-refractivity contribution in [3.8, 4) is 5.75 Å². The second-order valence-electron chi connectivity index (χ2n) is 6.17. The molecular weight excluding hydrogens is 288 g/mol. The highest BCUT2D eigenvalue weighted by Crippen LogP contribution is 2.33. The molecule has 3 aromatic rings. The smallest absolute Gasteiger partial charge is 0.194 e. The Labute approximate surface area is 133 Å². The zero-order chi connectivity index (χ0) is 15.4. The largest absolute Gasteiger partial charge is 0.493 e. The second-order valence-corrected chi connectivity index (χ2v) is 6.17. The molecule has 0 amide bonds. The molecule has 0 unspecified atom stereocenters. The summed E-state index contributed by atoms with van der Waals surface area (Å²) >= 11 is 0. The summed E-state index contributed by atoms with van der Waals surface area (Å²) in [7, 11) is 0. The summed E-state index contributed by atoms with van der Waals surface area (Å²) in [6, 6.07) is 14.1. The molecule has 1 aromatic heterocycles. The average molecular weight is 304 g/mol. The van der Waals surface area contributed by atoms with E-state index in [1.165, 1.54) is 11.1 Å². The standard InChI is InChI=1S/C19H16N2O2/c22-19-13-3-1-2-4-15(13)21-18-14(19)10-20-17(18)12-5-6-16-11(9-12)7-8-23-16/h1-6,9,17,20H,7-8,10H2,(H,21,22)/t17-/m1/s1. The van der Waals surface area contributed by atoms with Crippen LogP contribution in [0.5, 0.6) is 5.75 Å². The summed E-state index contributed by atoms with van der Waals surface area (Å²) in [5.74, 6) is 0.985. The predicted octanol–water partition coefficient (Wildman–Crippen LogP) is 2.66. The number of benzene rings is 2. The fourth-order valence-electron chi connectivity index (χ4n) is 3.69. The van der Waals surface area contributed by atoms with Gasteiger partial charge in [0.2, 0.25) is 0 Å². The van der Waals surface area contributed by atoms with Gasteiger partial charge in [0.1, 0.15) is 5.75 Å². The van der Waals surface area contributed by atoms with Gasteiger partial charge in [0, 0.05) is 35.1 Å². The van der Waals surface area contributed by atoms with Gasteiger partial charge in [-0.15, -0.1) is 0 Å². The van der Waals surface area contributed by atoms with Crippen LogP contribution in [-0.4, -0.2) is 11.6 Å². The molecule has 114 valence electrons. The van der Waals surface area contributed by atoms with Gasteiger partial charge in [-0.3, -0.25) is 4.79 Å². The SMILES string of the molecule is O=c1c2c([nH]c3ccccc13)[C@@H](c1ccc3c(c1)CCO3)NC2. The summed E-state index contributed by atoms with van der Waals surface area (Å²) in [5.41, 5.74) is 5.31. The molecule has 4 nitrogen and oxygen atoms in total. The lowest BCUT2D eigenvalue weighted by atomic mass is 9.99. The van der Waals surface area contributed by atoms with Gasteiger partial charge in [0.15, 0.2) is 5.43 Å². The van der Waals surface area contributed by atoms with Gasteiger partial charge in [-0.05, 0) is 29.3 Å². The number of hydrogen-bond donors (Lipinski definition) is 2. The highest BCUT2D eigenvalue weighted by Gasteiger charge is 2.28. The maximum Gasteiger partial charge on any atom is 0.194 e. The van der Waals surface area contributed by atoms with Crippen LogP contribution in [0.4, 0.5) is 0 Å². The fraction of sp³-hybridized carbons (Fsp3) is 0.211. The summed E-state index contributed by atoms with van der Waals surface area (Å²) in [6.07, 6.45) is 0.955. The lowest BCUT2D eigenvalue weighted by molar-refractivity contribution is 0.357. The third-order valence-electron chi connectivity index (χ3n) is 4.86. The molecule has 23 heavy (non-hydrogen) atoms. The first-order valence-electron chi connectivity index (χ1n) is 7.94. The number of pyridine rings is 1. The first-order chi connectivity index (χ1) is 11.3. The number of fused-ring (bicyclic) bond motifs is 3. The van der Waals surface area contributed by atoms with Crippen LogP contribution in [0, 0.1) is 0 Å². The van der Waals surface area contributed by atoms with Crippen LogP contribution in [0.3, 0.4) is 0 Å². The van der Waals surface area contributed by atoms with E-state index < -0.39 is 0 Å². The molecule has 5 rings (SSSR count). The first-order valence-corrected chi connectivity index (χ1v) is 7.94. The molecule has 0 bridgehead atoms. The molecule has 0 aliphatic carbocycles. The minimum atomic E-state index is 0.0354. The van der Waals surface area contributed by atoms with E-state index >= 15 is 0 Å². The van der Waals surface area contributed by atoms with Crippen LogP contribution < -0.4 is 15.5 Å². The summed E-state index contributed by atoms with van der Waals surface area (Å²) in [5, 5.41) is 4.23. The molecule has 1 atom stereocenters. The van der Waals surface area contributed by atoms with Gasteiger partial charge in [-0.1, -0.05) is 24.3 Å². The lowest BCUT2D eigenvalue weighted by Crippen LogP contribution is -2.14. The average Bonchev–Trinajstić information content (AvgIpc) is 3.21. The van der Waals surface area contributed by atoms with E-state index in [9.17, 15) is 4.79 Å². The van der Waals surface area contributed by atoms with Crippen molar-refractivity contribution in [1.82, 2.24) is 10.3 Å². The molecular formula is C19H16N2O2. The van der Waals surface area contributed by atoms with Crippen LogP contribution in [-0.2, 0) is 13.0 Å². The number of H-pyrrole nitrogens is 1. The highest BCUT2D eigenvalue weighted by molar-refractivity contribution is 5.79. The minimum Gasteiger partial charge on any atom is -0.493 e. The highest BCUT2D eigenvalue weighted by atomic mass is 16.5. The van der Waals surface area contributed by atoms with Gasteiger partial charge < -0.3 is 15.0 Å². The number of hydrogen-bond acceptors (Lipinski definition) is 3. The number of nitrogens with one attached hydrogen (secondary N) is 2. The van der Waals surface area contributed by atoms with Gasteiger partial charge >= 0.3 is 0 Å². The van der Waals surface area contributed by atoms with E-state index in [-0.39, 0.29) is 11.5 Å². The molecule has 0 fully saturated rings. The topological polar surface area (TPSA) is 54.1 Å². The quantitative estimate of drug-likeness (QED) is 0.727. The van der Waals surface area contributed by atoms with Gasteiger partial charge in [-0.25, -0.2) is 0 Å². The second kappa shape index (κ2) is 4.70. The number of aromatic nitrogens is 1. The maximum absolute atomic E-state index is 12.7. The summed E-state index contributed by atoms with van der Waals surface area (Å²) in [4.78, 5) is 16.2. The Balaban J connectivity index is 1.68. The zero-order valence-electron chi connectivity index (χ0n) is 12.6. The Morgan fingerprint density at radius 3 is 3.00 bits per heavy atom. The van der Waals surface area contributed by atoms with E-state index in [2.05, 4.69) is 22.4 Å². The van der Waals surface area contributed by atoms with E-state index in [1.807, 2.05) is 30.3 Å². The normalized spacial score (nSPS) is 18.7. The van der Waals surface area contributed by atoms with Crippen LogP contribution in [0.15, 0.2) is 47.3 Å². The number of rotatable bonds is 1. The lowest BCUT2D eigenvalue weighted by Gasteiger charge is -2.14. The van der Waals surface area contributed by atoms with Crippen LogP contribution in [0.25, 0.3) is 10.9 Å². The van der Waals surface area contributed by atoms with Crippen molar-refractivity contribution in [1.29, 1.82) is 0 Å². The molecule has 0 spiro atoms. The minimum absolute atomic E-state index is 0.0354. The zero-order valence-corrected chi connectivity index (χ0v) is 12.6. The predicted molar refractivity (Wildman–Crippen MR) is 88.9 cm³/mol. The van der Waals surface area contributed by atoms with Crippen molar-refractivity contribution in [3.05, 3.63) is 75.1 Å². The van der Waals surface area contributed by atoms with Crippen molar-refractivity contribution in [2.45, 2.75) is 19.0 Å². The molecule has 2 N–H and O–H groups in total. The van der Waals surface area contributed by atoms with Crippen LogP contribution >= 0.6 is 0 Å². The van der Waals surface area contributed by atoms with Crippen molar-refractivity contribution in [2.75, 3.05) is 6.61 Å². The van der Waals surface area contributed by atoms with Crippen molar-refractivity contribution < 1.29 is 4.74 Å².